The van der Waals surface area contributed by atoms with E-state index in [1.165, 1.54) is 12.8 Å². The van der Waals surface area contributed by atoms with Crippen LogP contribution in [0.4, 0.5) is 0 Å². The molecule has 0 radical (unpaired) electrons. The molecule has 66 valence electrons. The lowest BCUT2D eigenvalue weighted by molar-refractivity contribution is -0.116. The zero-order valence-corrected chi connectivity index (χ0v) is 8.99. The van der Waals surface area contributed by atoms with E-state index in [2.05, 4.69) is 29.8 Å². The minimum atomic E-state index is 0.327. The molecular weight excluding hydrogens is 204 g/mol. The first-order valence-corrected chi connectivity index (χ1v) is 5.40. The molecule has 0 fully saturated rings. The van der Waals surface area contributed by atoms with Crippen molar-refractivity contribution in [1.29, 1.82) is 0 Å². The average Bonchev–Trinajstić information content (AvgIpc) is 2.04. The van der Waals surface area contributed by atoms with Gasteiger partial charge in [-0.15, -0.1) is 0 Å². The van der Waals surface area contributed by atoms with E-state index >= 15 is 0 Å². The Morgan fingerprint density at radius 1 is 1.55 bits per heavy atom. The lowest BCUT2D eigenvalue weighted by atomic mass is 10.0. The molecule has 0 rings (SSSR count). The topological polar surface area (TPSA) is 17.1 Å². The van der Waals surface area contributed by atoms with Crippen LogP contribution < -0.4 is 0 Å². The number of carbonyl (C=O) groups excluding carboxylic acids is 1. The summed E-state index contributed by atoms with van der Waals surface area (Å²) < 4.78 is 0. The second kappa shape index (κ2) is 6.84. The van der Waals surface area contributed by atoms with Crippen LogP contribution in [0.1, 0.15) is 39.5 Å². The Balaban J connectivity index is 3.20. The molecule has 0 saturated carbocycles. The number of hydrogen-bond donors (Lipinski definition) is 0. The van der Waals surface area contributed by atoms with Gasteiger partial charge in [0.2, 0.25) is 0 Å². The Kier molecular flexibility index (Phi) is 6.93. The van der Waals surface area contributed by atoms with Crippen molar-refractivity contribution in [3.63, 3.8) is 0 Å². The molecule has 11 heavy (non-hydrogen) atoms. The number of ketones is 1. The highest BCUT2D eigenvalue weighted by Gasteiger charge is 2.01. The van der Waals surface area contributed by atoms with E-state index in [1.807, 2.05) is 0 Å². The van der Waals surface area contributed by atoms with Gasteiger partial charge in [-0.25, -0.2) is 0 Å². The van der Waals surface area contributed by atoms with Crippen molar-refractivity contribution in [2.24, 2.45) is 5.92 Å². The largest absolute Gasteiger partial charge is 0.299 e. The van der Waals surface area contributed by atoms with Gasteiger partial charge in [0.15, 0.2) is 0 Å². The quantitative estimate of drug-likeness (QED) is 0.629. The molecular formula is C9H17BrO. The first kappa shape index (κ1) is 11.2. The van der Waals surface area contributed by atoms with Crippen molar-refractivity contribution in [2.45, 2.75) is 39.5 Å². The maximum Gasteiger partial charge on any atom is 0.143 e. The van der Waals surface area contributed by atoms with Gasteiger partial charge in [0.25, 0.3) is 0 Å². The average molecular weight is 221 g/mol. The van der Waals surface area contributed by atoms with Crippen molar-refractivity contribution in [2.75, 3.05) is 5.33 Å². The monoisotopic (exact) mass is 220 g/mol. The molecule has 0 spiro atoms. The molecule has 0 amide bonds. The molecule has 0 bridgehead atoms. The number of hydrogen-bond acceptors (Lipinski definition) is 1. The van der Waals surface area contributed by atoms with Gasteiger partial charge in [-0.2, -0.15) is 0 Å². The molecule has 0 aromatic heterocycles. The van der Waals surface area contributed by atoms with Crippen LogP contribution in [0.3, 0.4) is 0 Å². The Morgan fingerprint density at radius 3 is 2.64 bits per heavy atom. The smallest absolute Gasteiger partial charge is 0.143 e. The Labute approximate surface area is 77.7 Å². The molecule has 0 aliphatic carbocycles. The molecule has 0 aromatic carbocycles. The van der Waals surface area contributed by atoms with E-state index < -0.39 is 0 Å². The highest BCUT2D eigenvalue weighted by Crippen LogP contribution is 2.11. The van der Waals surface area contributed by atoms with Crippen LogP contribution in [0.25, 0.3) is 0 Å². The van der Waals surface area contributed by atoms with Gasteiger partial charge in [0, 0.05) is 6.42 Å². The van der Waals surface area contributed by atoms with Gasteiger partial charge in [-0.3, -0.25) is 4.79 Å². The van der Waals surface area contributed by atoms with Crippen LogP contribution in [-0.4, -0.2) is 11.1 Å². The van der Waals surface area contributed by atoms with Gasteiger partial charge in [0.05, 0.1) is 5.33 Å². The zero-order valence-electron chi connectivity index (χ0n) is 7.40. The van der Waals surface area contributed by atoms with Crippen molar-refractivity contribution in [3.8, 4) is 0 Å². The zero-order chi connectivity index (χ0) is 8.69. The first-order valence-electron chi connectivity index (χ1n) is 4.28. The van der Waals surface area contributed by atoms with E-state index in [-0.39, 0.29) is 0 Å². The predicted octanol–water partition coefficient (Wildman–Crippen LogP) is 3.17. The van der Waals surface area contributed by atoms with Crippen LogP contribution in [0.2, 0.25) is 0 Å². The third kappa shape index (κ3) is 6.54. The van der Waals surface area contributed by atoms with Gasteiger partial charge < -0.3 is 0 Å². The summed E-state index contributed by atoms with van der Waals surface area (Å²) in [5.41, 5.74) is 0. The van der Waals surface area contributed by atoms with E-state index in [9.17, 15) is 4.79 Å². The van der Waals surface area contributed by atoms with Crippen molar-refractivity contribution in [3.05, 3.63) is 0 Å². The summed E-state index contributed by atoms with van der Waals surface area (Å²) in [6.45, 7) is 4.43. The summed E-state index contributed by atoms with van der Waals surface area (Å²) >= 11 is 3.15. The Morgan fingerprint density at radius 2 is 2.18 bits per heavy atom. The van der Waals surface area contributed by atoms with E-state index in [4.69, 9.17) is 0 Å². The number of Topliss-reactive ketones (excluding diaryl/α,β-unsaturated/α-hetero) is 1. The van der Waals surface area contributed by atoms with Crippen LogP contribution in [0.5, 0.6) is 0 Å². The van der Waals surface area contributed by atoms with Gasteiger partial charge >= 0.3 is 0 Å². The molecule has 1 nitrogen and oxygen atoms in total. The molecule has 0 aliphatic rings. The first-order chi connectivity index (χ1) is 5.20. The summed E-state index contributed by atoms with van der Waals surface area (Å²) in [6.07, 6.45) is 4.22. The van der Waals surface area contributed by atoms with Crippen LogP contribution >= 0.6 is 15.9 Å². The van der Waals surface area contributed by atoms with Gasteiger partial charge in [0.1, 0.15) is 5.78 Å². The number of alkyl halides is 1. The fourth-order valence-corrected chi connectivity index (χ4v) is 1.20. The second-order valence-corrected chi connectivity index (χ2v) is 3.64. The van der Waals surface area contributed by atoms with Crippen LogP contribution in [0, 0.1) is 5.92 Å². The lowest BCUT2D eigenvalue weighted by Crippen LogP contribution is -2.00. The molecule has 1 unspecified atom stereocenters. The van der Waals surface area contributed by atoms with Gasteiger partial charge in [-0.05, 0) is 12.3 Å². The van der Waals surface area contributed by atoms with Crippen molar-refractivity contribution in [1.82, 2.24) is 0 Å². The minimum Gasteiger partial charge on any atom is -0.299 e. The summed E-state index contributed by atoms with van der Waals surface area (Å²) in [5, 5.41) is 0.521. The van der Waals surface area contributed by atoms with E-state index in [0.29, 0.717) is 11.1 Å². The molecule has 1 atom stereocenters. The molecule has 0 N–H and O–H groups in total. The molecule has 0 heterocycles. The molecule has 0 aromatic rings. The van der Waals surface area contributed by atoms with Gasteiger partial charge in [-0.1, -0.05) is 42.6 Å². The Bertz CT molecular complexity index is 112. The normalized spacial score (nSPS) is 13.0. The van der Waals surface area contributed by atoms with Crippen LogP contribution in [-0.2, 0) is 4.79 Å². The molecule has 2 heteroatoms. The molecule has 0 saturated heterocycles. The second-order valence-electron chi connectivity index (χ2n) is 3.08. The standard InChI is InChI=1S/C9H17BrO/c1-3-8(2)5-4-6-9(11)7-10/h8H,3-7H2,1-2H3. The third-order valence-electron chi connectivity index (χ3n) is 2.00. The summed E-state index contributed by atoms with van der Waals surface area (Å²) in [4.78, 5) is 10.8. The summed E-state index contributed by atoms with van der Waals surface area (Å²) in [7, 11) is 0. The Hall–Kier alpha value is 0.150. The highest BCUT2D eigenvalue weighted by atomic mass is 79.9. The predicted molar refractivity (Wildman–Crippen MR) is 52.1 cm³/mol. The summed E-state index contributed by atoms with van der Waals surface area (Å²) in [5.74, 6) is 1.10. The minimum absolute atomic E-state index is 0.327. The fraction of sp³-hybridized carbons (Fsp3) is 0.889. The van der Waals surface area contributed by atoms with Crippen molar-refractivity contribution >= 4 is 21.7 Å². The maximum absolute atomic E-state index is 10.8. The van der Waals surface area contributed by atoms with E-state index in [0.717, 1.165) is 18.8 Å². The fourth-order valence-electron chi connectivity index (χ4n) is 0.919. The number of halogens is 1. The third-order valence-corrected chi connectivity index (χ3v) is 2.62. The maximum atomic E-state index is 10.8. The lowest BCUT2D eigenvalue weighted by Gasteiger charge is -2.05. The number of carbonyl (C=O) groups is 1. The van der Waals surface area contributed by atoms with Crippen LogP contribution in [0.15, 0.2) is 0 Å². The van der Waals surface area contributed by atoms with E-state index in [1.54, 1.807) is 0 Å². The summed E-state index contributed by atoms with van der Waals surface area (Å²) in [6, 6.07) is 0. The SMILES string of the molecule is CCC(C)CCCC(=O)CBr. The highest BCUT2D eigenvalue weighted by molar-refractivity contribution is 9.09. The number of rotatable bonds is 6. The molecule has 0 aliphatic heterocycles. The van der Waals surface area contributed by atoms with Crippen molar-refractivity contribution < 1.29 is 4.79 Å².